The quantitative estimate of drug-likeness (QED) is 0.561. The fourth-order valence-corrected chi connectivity index (χ4v) is 3.25. The van der Waals surface area contributed by atoms with E-state index in [0.717, 1.165) is 19.8 Å². The smallest absolute Gasteiger partial charge is 0.105 e. The molecule has 1 aromatic carbocycles. The molecule has 0 saturated carbocycles. The first-order valence-electron chi connectivity index (χ1n) is 8.13. The summed E-state index contributed by atoms with van der Waals surface area (Å²) in [4.78, 5) is 4.82. The van der Waals surface area contributed by atoms with Gasteiger partial charge in [-0.2, -0.15) is 0 Å². The zero-order valence-electron chi connectivity index (χ0n) is 13.4. The van der Waals surface area contributed by atoms with Crippen LogP contribution >= 0.6 is 24.2 Å². The highest BCUT2D eigenvalue weighted by atomic mass is 35.5. The Kier molecular flexibility index (Phi) is 7.28. The van der Waals surface area contributed by atoms with E-state index >= 15 is 0 Å². The van der Waals surface area contributed by atoms with Crippen molar-refractivity contribution in [2.45, 2.75) is 19.3 Å². The van der Waals surface area contributed by atoms with E-state index < -0.39 is 0 Å². The second-order valence-electron chi connectivity index (χ2n) is 6.00. The number of unbranched alkanes of at least 4 members (excludes halogenated alkanes) is 1. The van der Waals surface area contributed by atoms with E-state index in [4.69, 9.17) is 11.8 Å². The maximum atomic E-state index is 5.90. The van der Waals surface area contributed by atoms with Crippen molar-refractivity contribution in [3.63, 3.8) is 0 Å². The highest BCUT2D eigenvalue weighted by Gasteiger charge is 2.13. The number of halogens is 2. The second-order valence-corrected chi connectivity index (χ2v) is 6.44. The minimum absolute atomic E-state index is 0. The van der Waals surface area contributed by atoms with Crippen molar-refractivity contribution in [2.75, 3.05) is 32.8 Å². The molecule has 3 rings (SSSR count). The normalized spacial score (nSPS) is 18.0. The Bertz CT molecular complexity index is 530. The van der Waals surface area contributed by atoms with Gasteiger partial charge < -0.3 is 4.90 Å². The molecule has 2 aliphatic rings. The Balaban J connectivity index is 0.00000192. The van der Waals surface area contributed by atoms with Gasteiger partial charge in [0, 0.05) is 43.8 Å². The molecule has 0 saturated heterocycles. The fraction of sp³-hybridized carbons (Fsp3) is 0.444. The summed E-state index contributed by atoms with van der Waals surface area (Å²) in [5, 5.41) is 0. The lowest BCUT2D eigenvalue weighted by Crippen LogP contribution is -2.30. The summed E-state index contributed by atoms with van der Waals surface area (Å²) in [6.45, 7) is 5.37. The molecule has 0 fully saturated rings. The van der Waals surface area contributed by atoms with E-state index in [9.17, 15) is 0 Å². The lowest BCUT2D eigenvalue weighted by Gasteiger charge is -2.26. The third-order valence-corrected chi connectivity index (χ3v) is 4.58. The van der Waals surface area contributed by atoms with Crippen molar-refractivity contribution >= 4 is 29.8 Å². The summed E-state index contributed by atoms with van der Waals surface area (Å²) in [5.74, 6) is 0. The Morgan fingerprint density at radius 1 is 1.00 bits per heavy atom. The van der Waals surface area contributed by atoms with Crippen LogP contribution in [-0.2, 0) is 0 Å². The van der Waals surface area contributed by atoms with E-state index in [0.29, 0.717) is 0 Å². The van der Waals surface area contributed by atoms with E-state index in [1.54, 1.807) is 4.42 Å². The van der Waals surface area contributed by atoms with Gasteiger partial charge >= 0.3 is 0 Å². The van der Waals surface area contributed by atoms with E-state index in [1.807, 2.05) is 6.20 Å². The molecule has 2 heterocycles. The zero-order chi connectivity index (χ0) is 15.2. The molecule has 5 heteroatoms. The molecule has 126 valence electrons. The topological polar surface area (TPSA) is 9.72 Å². The maximum absolute atomic E-state index is 5.90. The van der Waals surface area contributed by atoms with E-state index in [2.05, 4.69) is 52.4 Å². The monoisotopic (exact) mass is 353 g/mol. The van der Waals surface area contributed by atoms with Crippen LogP contribution in [0.4, 0.5) is 0 Å². The lowest BCUT2D eigenvalue weighted by molar-refractivity contribution is 0.279. The third-order valence-electron chi connectivity index (χ3n) is 4.36. The minimum atomic E-state index is 0. The molecule has 3 nitrogen and oxygen atoms in total. The van der Waals surface area contributed by atoms with Crippen molar-refractivity contribution in [1.29, 1.82) is 0 Å². The lowest BCUT2D eigenvalue weighted by atomic mass is 9.99. The molecule has 0 aromatic heterocycles. The van der Waals surface area contributed by atoms with Crippen molar-refractivity contribution in [3.8, 4) is 0 Å². The first kappa shape index (κ1) is 18.2. The molecule has 0 bridgehead atoms. The van der Waals surface area contributed by atoms with Crippen LogP contribution in [0.5, 0.6) is 0 Å². The van der Waals surface area contributed by atoms with Gasteiger partial charge in [0.05, 0.1) is 0 Å². The molecule has 0 unspecified atom stereocenters. The summed E-state index contributed by atoms with van der Waals surface area (Å²) < 4.78 is 1.69. The van der Waals surface area contributed by atoms with Crippen LogP contribution in [0.15, 0.2) is 48.8 Å². The number of hydrogen-bond donors (Lipinski definition) is 0. The molecular formula is C18H25Cl2N3. The number of rotatable bonds is 6. The average molecular weight is 354 g/mol. The van der Waals surface area contributed by atoms with Crippen molar-refractivity contribution in [3.05, 3.63) is 54.4 Å². The van der Waals surface area contributed by atoms with Crippen LogP contribution in [0.2, 0.25) is 0 Å². The highest BCUT2D eigenvalue weighted by Crippen LogP contribution is 2.22. The van der Waals surface area contributed by atoms with Gasteiger partial charge in [-0.25, -0.2) is 0 Å². The van der Waals surface area contributed by atoms with Crippen molar-refractivity contribution in [2.24, 2.45) is 0 Å². The molecule has 0 N–H and O–H groups in total. The van der Waals surface area contributed by atoms with Crippen LogP contribution in [-0.4, -0.2) is 47.1 Å². The first-order valence-corrected chi connectivity index (χ1v) is 8.47. The maximum Gasteiger partial charge on any atom is 0.105 e. The number of benzene rings is 1. The molecule has 0 spiro atoms. The zero-order valence-corrected chi connectivity index (χ0v) is 15.0. The van der Waals surface area contributed by atoms with Gasteiger partial charge in [0.15, 0.2) is 0 Å². The minimum Gasteiger partial charge on any atom is -0.357 e. The number of nitrogens with zero attached hydrogens (tertiary/aromatic N) is 3. The van der Waals surface area contributed by atoms with Crippen LogP contribution in [0.1, 0.15) is 24.8 Å². The predicted molar refractivity (Wildman–Crippen MR) is 100 cm³/mol. The third kappa shape index (κ3) is 5.45. The average Bonchev–Trinajstić information content (AvgIpc) is 2.98. The van der Waals surface area contributed by atoms with Gasteiger partial charge in [-0.15, -0.1) is 12.4 Å². The highest BCUT2D eigenvalue weighted by molar-refractivity contribution is 6.14. The van der Waals surface area contributed by atoms with Crippen LogP contribution in [0, 0.1) is 0 Å². The molecule has 0 amide bonds. The van der Waals surface area contributed by atoms with Gasteiger partial charge in [-0.3, -0.25) is 9.32 Å². The Labute approximate surface area is 150 Å². The fourth-order valence-electron chi connectivity index (χ4n) is 3.06. The number of hydrogen-bond acceptors (Lipinski definition) is 3. The Morgan fingerprint density at radius 3 is 2.43 bits per heavy atom. The first-order chi connectivity index (χ1) is 10.8. The summed E-state index contributed by atoms with van der Waals surface area (Å²) in [5.41, 5.74) is 2.88. The van der Waals surface area contributed by atoms with Crippen LogP contribution in [0.3, 0.4) is 0 Å². The molecule has 2 aliphatic heterocycles. The molecule has 1 aromatic rings. The van der Waals surface area contributed by atoms with Crippen LogP contribution < -0.4 is 0 Å². The summed E-state index contributed by atoms with van der Waals surface area (Å²) >= 11 is 5.90. The SMILES string of the molecule is Cl.ClN1C=CN(CCCCN2CC=C(c3ccccc3)CC2)C1. The van der Waals surface area contributed by atoms with Gasteiger partial charge in [0.2, 0.25) is 0 Å². The second kappa shape index (κ2) is 9.21. The standard InChI is InChI=1S/C18H24ClN3.ClH/c19-22-15-14-21(16-22)11-5-4-10-20-12-8-18(9-13-20)17-6-2-1-3-7-17;/h1-3,6-8,14-15H,4-5,9-13,16H2;1H. The molecule has 0 atom stereocenters. The summed E-state index contributed by atoms with van der Waals surface area (Å²) in [6.07, 6.45) is 10.0. The Hall–Kier alpha value is -1.16. The van der Waals surface area contributed by atoms with Gasteiger partial charge in [-0.1, -0.05) is 36.4 Å². The van der Waals surface area contributed by atoms with E-state index in [1.165, 1.54) is 43.5 Å². The molecule has 0 radical (unpaired) electrons. The van der Waals surface area contributed by atoms with Gasteiger partial charge in [0.25, 0.3) is 0 Å². The Morgan fingerprint density at radius 2 is 1.78 bits per heavy atom. The predicted octanol–water partition coefficient (Wildman–Crippen LogP) is 4.18. The molecule has 23 heavy (non-hydrogen) atoms. The molecule has 0 aliphatic carbocycles. The summed E-state index contributed by atoms with van der Waals surface area (Å²) in [6, 6.07) is 10.8. The largest absolute Gasteiger partial charge is 0.357 e. The summed E-state index contributed by atoms with van der Waals surface area (Å²) in [7, 11) is 0. The van der Waals surface area contributed by atoms with Crippen molar-refractivity contribution < 1.29 is 0 Å². The van der Waals surface area contributed by atoms with Crippen molar-refractivity contribution in [1.82, 2.24) is 14.2 Å². The van der Waals surface area contributed by atoms with Gasteiger partial charge in [0.1, 0.15) is 6.67 Å². The van der Waals surface area contributed by atoms with Gasteiger partial charge in [-0.05, 0) is 36.9 Å². The van der Waals surface area contributed by atoms with E-state index in [-0.39, 0.29) is 12.4 Å². The molecular weight excluding hydrogens is 329 g/mol. The van der Waals surface area contributed by atoms with Crippen LogP contribution in [0.25, 0.3) is 5.57 Å².